The summed E-state index contributed by atoms with van der Waals surface area (Å²) in [6.45, 7) is 4.52. The van der Waals surface area contributed by atoms with Gasteiger partial charge in [-0.05, 0) is 51.0 Å². The van der Waals surface area contributed by atoms with Crippen LogP contribution in [0.15, 0.2) is 39.8 Å². The topological polar surface area (TPSA) is 68.7 Å². The Morgan fingerprint density at radius 1 is 1.46 bits per heavy atom. The average Bonchev–Trinajstić information content (AvgIpc) is 3.14. The zero-order chi connectivity index (χ0) is 16.9. The number of nitrogens with two attached hydrogens (primary N) is 1. The molecule has 1 fully saturated rings. The lowest BCUT2D eigenvalue weighted by Gasteiger charge is -2.28. The van der Waals surface area contributed by atoms with Gasteiger partial charge in [0.05, 0.1) is 5.37 Å². The van der Waals surface area contributed by atoms with Crippen LogP contribution in [0.1, 0.15) is 25.5 Å². The number of nitrogens with zero attached hydrogens (tertiary/aromatic N) is 1. The molecule has 0 spiro atoms. The van der Waals surface area contributed by atoms with Crippen LogP contribution < -0.4 is 10.5 Å². The summed E-state index contributed by atoms with van der Waals surface area (Å²) in [7, 11) is 0. The summed E-state index contributed by atoms with van der Waals surface area (Å²) in [5.41, 5.74) is 5.98. The maximum atomic E-state index is 11.7. The van der Waals surface area contributed by atoms with Crippen molar-refractivity contribution in [3.8, 4) is 5.75 Å². The smallest absolute Gasteiger partial charge is 0.243 e. The van der Waals surface area contributed by atoms with Crippen LogP contribution in [0.2, 0.25) is 0 Å². The van der Waals surface area contributed by atoms with Gasteiger partial charge in [0.15, 0.2) is 0 Å². The van der Waals surface area contributed by atoms with Gasteiger partial charge < -0.3 is 19.8 Å². The van der Waals surface area contributed by atoms with Crippen molar-refractivity contribution < 1.29 is 13.9 Å². The first-order valence-electron chi connectivity index (χ1n) is 8.07. The molecule has 24 heavy (non-hydrogen) atoms. The molecule has 2 aliphatic rings. The lowest BCUT2D eigenvalue weighted by molar-refractivity contribution is -0.123. The SMILES string of the molecule is Cc1cc2cc(OCC3=CN(C4(C(N)=O)CC4)C(C)S3)ccc2o1. The number of hydrogen-bond acceptors (Lipinski definition) is 5. The highest BCUT2D eigenvalue weighted by atomic mass is 32.2. The molecule has 1 saturated carbocycles. The highest BCUT2D eigenvalue weighted by molar-refractivity contribution is 8.03. The quantitative estimate of drug-likeness (QED) is 0.900. The first kappa shape index (κ1) is 15.4. The Balaban J connectivity index is 1.46. The van der Waals surface area contributed by atoms with E-state index in [-0.39, 0.29) is 11.3 Å². The standard InChI is InChI=1S/C18H20N2O3S/c1-11-7-13-8-14(3-4-16(13)23-11)22-10-15-9-20(12(2)24-15)18(5-6-18)17(19)21/h3-4,7-9,12H,5-6,10H2,1-2H3,(H2,19,21). The summed E-state index contributed by atoms with van der Waals surface area (Å²) in [6, 6.07) is 7.83. The summed E-state index contributed by atoms with van der Waals surface area (Å²) in [5, 5.41) is 1.25. The van der Waals surface area contributed by atoms with E-state index in [0.717, 1.165) is 40.2 Å². The fraction of sp³-hybridized carbons (Fsp3) is 0.389. The monoisotopic (exact) mass is 344 g/mol. The Bertz CT molecular complexity index is 838. The Kier molecular flexibility index (Phi) is 3.53. The maximum absolute atomic E-state index is 11.7. The average molecular weight is 344 g/mol. The number of primary amides is 1. The molecule has 126 valence electrons. The minimum Gasteiger partial charge on any atom is -0.488 e. The zero-order valence-electron chi connectivity index (χ0n) is 13.7. The molecule has 1 aliphatic carbocycles. The Morgan fingerprint density at radius 2 is 2.25 bits per heavy atom. The molecule has 2 aromatic rings. The fourth-order valence-corrected chi connectivity index (χ4v) is 4.37. The molecule has 2 heterocycles. The molecule has 6 heteroatoms. The van der Waals surface area contributed by atoms with Crippen molar-refractivity contribution in [3.05, 3.63) is 41.1 Å². The number of fused-ring (bicyclic) bond motifs is 1. The van der Waals surface area contributed by atoms with Crippen molar-refractivity contribution in [1.29, 1.82) is 0 Å². The first-order valence-corrected chi connectivity index (χ1v) is 8.95. The van der Waals surface area contributed by atoms with E-state index < -0.39 is 5.54 Å². The number of carbonyl (C=O) groups excluding carboxylic acids is 1. The van der Waals surface area contributed by atoms with E-state index in [0.29, 0.717) is 6.61 Å². The summed E-state index contributed by atoms with van der Waals surface area (Å²) in [4.78, 5) is 14.9. The molecule has 0 radical (unpaired) electrons. The van der Waals surface area contributed by atoms with Gasteiger partial charge in [-0.15, -0.1) is 11.8 Å². The summed E-state index contributed by atoms with van der Waals surface area (Å²) >= 11 is 1.72. The summed E-state index contributed by atoms with van der Waals surface area (Å²) < 4.78 is 11.5. The summed E-state index contributed by atoms with van der Waals surface area (Å²) in [6.07, 6.45) is 3.72. The van der Waals surface area contributed by atoms with Crippen molar-refractivity contribution in [1.82, 2.24) is 4.90 Å². The van der Waals surface area contributed by atoms with E-state index in [4.69, 9.17) is 14.9 Å². The molecule has 1 unspecified atom stereocenters. The Hall–Kier alpha value is -2.08. The molecule has 0 saturated heterocycles. The second-order valence-corrected chi connectivity index (χ2v) is 7.90. The second-order valence-electron chi connectivity index (χ2n) is 6.46. The van der Waals surface area contributed by atoms with Crippen LogP contribution in [-0.4, -0.2) is 28.3 Å². The zero-order valence-corrected chi connectivity index (χ0v) is 14.6. The van der Waals surface area contributed by atoms with Crippen molar-refractivity contribution in [2.45, 2.75) is 37.6 Å². The van der Waals surface area contributed by atoms with Crippen LogP contribution >= 0.6 is 11.8 Å². The maximum Gasteiger partial charge on any atom is 0.243 e. The van der Waals surface area contributed by atoms with Crippen molar-refractivity contribution in [3.63, 3.8) is 0 Å². The van der Waals surface area contributed by atoms with Gasteiger partial charge in [-0.3, -0.25) is 4.79 Å². The molecule has 1 amide bonds. The van der Waals surface area contributed by atoms with Gasteiger partial charge >= 0.3 is 0 Å². The third-order valence-electron chi connectivity index (χ3n) is 4.67. The molecule has 1 aromatic carbocycles. The minimum absolute atomic E-state index is 0.206. The third kappa shape index (κ3) is 2.55. The number of thioether (sulfide) groups is 1. The van der Waals surface area contributed by atoms with Crippen LogP contribution in [0, 0.1) is 6.92 Å². The molecular formula is C18H20N2O3S. The number of rotatable bonds is 5. The van der Waals surface area contributed by atoms with Gasteiger partial charge in [-0.1, -0.05) is 0 Å². The van der Waals surface area contributed by atoms with E-state index in [9.17, 15) is 4.79 Å². The first-order chi connectivity index (χ1) is 11.5. The molecule has 5 nitrogen and oxygen atoms in total. The summed E-state index contributed by atoms with van der Waals surface area (Å²) in [5.74, 6) is 1.47. The second kappa shape index (κ2) is 5.48. The van der Waals surface area contributed by atoms with Gasteiger partial charge in [0.2, 0.25) is 5.91 Å². The number of hydrogen-bond donors (Lipinski definition) is 1. The van der Waals surface area contributed by atoms with E-state index in [1.54, 1.807) is 11.8 Å². The molecule has 2 N–H and O–H groups in total. The number of ether oxygens (including phenoxy) is 1. The highest BCUT2D eigenvalue weighted by Gasteiger charge is 2.55. The highest BCUT2D eigenvalue weighted by Crippen LogP contribution is 2.48. The van der Waals surface area contributed by atoms with E-state index in [2.05, 4.69) is 11.8 Å². The van der Waals surface area contributed by atoms with Crippen molar-refractivity contribution >= 4 is 28.6 Å². The van der Waals surface area contributed by atoms with Crippen LogP contribution in [0.4, 0.5) is 0 Å². The predicted octanol–water partition coefficient (Wildman–Crippen LogP) is 3.37. The van der Waals surface area contributed by atoms with Gasteiger partial charge in [-0.2, -0.15) is 0 Å². The number of amides is 1. The lowest BCUT2D eigenvalue weighted by Crippen LogP contribution is -2.46. The molecule has 1 aromatic heterocycles. The van der Waals surface area contributed by atoms with Gasteiger partial charge in [0.1, 0.15) is 29.2 Å². The van der Waals surface area contributed by atoms with Crippen LogP contribution in [0.25, 0.3) is 11.0 Å². The Labute approximate surface area is 144 Å². The van der Waals surface area contributed by atoms with E-state index in [1.165, 1.54) is 0 Å². The van der Waals surface area contributed by atoms with Crippen LogP contribution in [-0.2, 0) is 4.79 Å². The number of benzene rings is 1. The molecule has 1 atom stereocenters. The largest absolute Gasteiger partial charge is 0.488 e. The molecular weight excluding hydrogens is 324 g/mol. The predicted molar refractivity (Wildman–Crippen MR) is 94.6 cm³/mol. The molecule has 0 bridgehead atoms. The van der Waals surface area contributed by atoms with Gasteiger partial charge in [-0.25, -0.2) is 0 Å². The number of furan rings is 1. The fourth-order valence-electron chi connectivity index (χ4n) is 3.26. The Morgan fingerprint density at radius 3 is 2.96 bits per heavy atom. The van der Waals surface area contributed by atoms with Gasteiger partial charge in [0, 0.05) is 16.5 Å². The molecule has 4 rings (SSSR count). The van der Waals surface area contributed by atoms with E-state index >= 15 is 0 Å². The van der Waals surface area contributed by atoms with Crippen LogP contribution in [0.3, 0.4) is 0 Å². The van der Waals surface area contributed by atoms with Crippen molar-refractivity contribution in [2.75, 3.05) is 6.61 Å². The minimum atomic E-state index is -0.471. The van der Waals surface area contributed by atoms with Crippen LogP contribution in [0.5, 0.6) is 5.75 Å². The lowest BCUT2D eigenvalue weighted by atomic mass is 10.2. The third-order valence-corrected chi connectivity index (χ3v) is 5.76. The molecule has 1 aliphatic heterocycles. The van der Waals surface area contributed by atoms with Crippen molar-refractivity contribution in [2.24, 2.45) is 5.73 Å². The number of aryl methyl sites for hydroxylation is 1. The van der Waals surface area contributed by atoms with E-state index in [1.807, 2.05) is 37.4 Å². The number of carbonyl (C=O) groups is 1. The van der Waals surface area contributed by atoms with Gasteiger partial charge in [0.25, 0.3) is 0 Å². The normalized spacial score (nSPS) is 21.8.